The summed E-state index contributed by atoms with van der Waals surface area (Å²) in [6.45, 7) is 1.74. The molecule has 0 radical (unpaired) electrons. The van der Waals surface area contributed by atoms with Gasteiger partial charge >= 0.3 is 0 Å². The number of nitrogens with zero attached hydrogens (tertiary/aromatic N) is 1. The normalized spacial score (nSPS) is 13.9. The molecule has 6 nitrogen and oxygen atoms in total. The van der Waals surface area contributed by atoms with Gasteiger partial charge in [-0.2, -0.15) is 0 Å². The van der Waals surface area contributed by atoms with Crippen LogP contribution in [0, 0.1) is 6.92 Å². The van der Waals surface area contributed by atoms with Crippen LogP contribution < -0.4 is 10.6 Å². The van der Waals surface area contributed by atoms with E-state index in [4.69, 9.17) is 0 Å². The van der Waals surface area contributed by atoms with E-state index in [1.165, 1.54) is 0 Å². The average molecular weight is 458 g/mol. The molecule has 34 heavy (non-hydrogen) atoms. The van der Waals surface area contributed by atoms with Crippen molar-refractivity contribution in [3.05, 3.63) is 77.9 Å². The zero-order valence-corrected chi connectivity index (χ0v) is 19.5. The van der Waals surface area contributed by atoms with E-state index in [1.54, 1.807) is 11.0 Å². The zero-order valence-electron chi connectivity index (χ0n) is 19.5. The molecule has 6 heteroatoms. The first-order valence-corrected chi connectivity index (χ1v) is 11.9. The van der Waals surface area contributed by atoms with Gasteiger partial charge < -0.3 is 15.5 Å². The second-order valence-electron chi connectivity index (χ2n) is 8.98. The number of amides is 3. The predicted octanol–water partition coefficient (Wildman–Crippen LogP) is 4.68. The Kier molecular flexibility index (Phi) is 7.58. The van der Waals surface area contributed by atoms with E-state index in [1.807, 2.05) is 67.6 Å². The van der Waals surface area contributed by atoms with Crippen LogP contribution in [0.25, 0.3) is 10.8 Å². The lowest BCUT2D eigenvalue weighted by Crippen LogP contribution is -2.48. The summed E-state index contributed by atoms with van der Waals surface area (Å²) in [5, 5.41) is 7.53. The summed E-state index contributed by atoms with van der Waals surface area (Å²) in [5.41, 5.74) is 2.31. The molecule has 2 N–H and O–H groups in total. The molecule has 0 bridgehead atoms. The molecule has 3 amide bonds. The fourth-order valence-corrected chi connectivity index (χ4v) is 4.57. The molecule has 3 aromatic rings. The maximum absolute atomic E-state index is 13.5. The molecule has 0 aromatic heterocycles. The fourth-order valence-electron chi connectivity index (χ4n) is 4.57. The second-order valence-corrected chi connectivity index (χ2v) is 8.98. The standard InChI is InChI=1S/C28H31N3O3/c1-20-8-7-11-24(16-20)30-26(32)18-29-27(33)19-31(25-12-3-2-4-13-25)28(34)23-15-14-21-9-5-6-10-22(21)17-23/h5-11,14-17,25H,2-4,12-13,18-19H2,1H3,(H,29,33)(H,30,32). The van der Waals surface area contributed by atoms with Gasteiger partial charge in [0.2, 0.25) is 11.8 Å². The molecule has 0 unspecified atom stereocenters. The Bertz CT molecular complexity index is 1180. The van der Waals surface area contributed by atoms with Crippen molar-refractivity contribution in [1.82, 2.24) is 10.2 Å². The van der Waals surface area contributed by atoms with Gasteiger partial charge in [-0.05, 0) is 60.4 Å². The maximum Gasteiger partial charge on any atom is 0.254 e. The van der Waals surface area contributed by atoms with Gasteiger partial charge in [0, 0.05) is 17.3 Å². The highest BCUT2D eigenvalue weighted by molar-refractivity contribution is 6.01. The topological polar surface area (TPSA) is 78.5 Å². The molecule has 0 spiro atoms. The van der Waals surface area contributed by atoms with Crippen molar-refractivity contribution in [3.63, 3.8) is 0 Å². The van der Waals surface area contributed by atoms with Gasteiger partial charge in [0.05, 0.1) is 6.54 Å². The Hall–Kier alpha value is -3.67. The monoisotopic (exact) mass is 457 g/mol. The highest BCUT2D eigenvalue weighted by atomic mass is 16.2. The molecule has 0 atom stereocenters. The molecule has 0 heterocycles. The van der Waals surface area contributed by atoms with Crippen LogP contribution in [0.15, 0.2) is 66.7 Å². The number of carbonyl (C=O) groups excluding carboxylic acids is 3. The van der Waals surface area contributed by atoms with Crippen LogP contribution in [-0.2, 0) is 9.59 Å². The molecule has 176 valence electrons. The quantitative estimate of drug-likeness (QED) is 0.541. The smallest absolute Gasteiger partial charge is 0.254 e. The summed E-state index contributed by atoms with van der Waals surface area (Å²) in [6.07, 6.45) is 5.03. The first-order valence-electron chi connectivity index (χ1n) is 11.9. The third-order valence-corrected chi connectivity index (χ3v) is 6.33. The van der Waals surface area contributed by atoms with Crippen molar-refractivity contribution in [2.45, 2.75) is 45.1 Å². The van der Waals surface area contributed by atoms with Crippen molar-refractivity contribution < 1.29 is 14.4 Å². The highest BCUT2D eigenvalue weighted by Gasteiger charge is 2.28. The zero-order chi connectivity index (χ0) is 23.9. The number of carbonyl (C=O) groups is 3. The Balaban J connectivity index is 1.42. The van der Waals surface area contributed by atoms with Gasteiger partial charge in [-0.15, -0.1) is 0 Å². The van der Waals surface area contributed by atoms with Crippen LogP contribution >= 0.6 is 0 Å². The van der Waals surface area contributed by atoms with E-state index < -0.39 is 0 Å². The van der Waals surface area contributed by atoms with E-state index >= 15 is 0 Å². The van der Waals surface area contributed by atoms with E-state index in [0.29, 0.717) is 11.3 Å². The first-order chi connectivity index (χ1) is 16.5. The van der Waals surface area contributed by atoms with Crippen LogP contribution in [-0.4, -0.2) is 41.8 Å². The van der Waals surface area contributed by atoms with Gasteiger partial charge in [0.15, 0.2) is 0 Å². The van der Waals surface area contributed by atoms with E-state index in [2.05, 4.69) is 10.6 Å². The number of benzene rings is 3. The lowest BCUT2D eigenvalue weighted by Gasteiger charge is -2.34. The van der Waals surface area contributed by atoms with Gasteiger partial charge in [0.25, 0.3) is 5.91 Å². The minimum atomic E-state index is -0.334. The summed E-state index contributed by atoms with van der Waals surface area (Å²) in [7, 11) is 0. The maximum atomic E-state index is 13.5. The molecule has 1 fully saturated rings. The summed E-state index contributed by atoms with van der Waals surface area (Å²) >= 11 is 0. The van der Waals surface area contributed by atoms with Crippen LogP contribution in [0.2, 0.25) is 0 Å². The number of anilines is 1. The third kappa shape index (κ3) is 6.01. The Morgan fingerprint density at radius 2 is 1.62 bits per heavy atom. The Labute approximate surface area is 200 Å². The highest BCUT2D eigenvalue weighted by Crippen LogP contribution is 2.25. The lowest BCUT2D eigenvalue weighted by atomic mass is 9.93. The van der Waals surface area contributed by atoms with Gasteiger partial charge in [0.1, 0.15) is 6.54 Å². The summed E-state index contributed by atoms with van der Waals surface area (Å²) in [5.74, 6) is -0.778. The van der Waals surface area contributed by atoms with Crippen molar-refractivity contribution >= 4 is 34.2 Å². The minimum Gasteiger partial charge on any atom is -0.345 e. The predicted molar refractivity (Wildman–Crippen MR) is 135 cm³/mol. The molecular formula is C28H31N3O3. The SMILES string of the molecule is Cc1cccc(NC(=O)CNC(=O)CN(C(=O)c2ccc3ccccc3c2)C2CCCCC2)c1. The largest absolute Gasteiger partial charge is 0.345 e. The van der Waals surface area contributed by atoms with Crippen LogP contribution in [0.3, 0.4) is 0 Å². The molecule has 4 rings (SSSR count). The molecule has 1 aliphatic rings. The lowest BCUT2D eigenvalue weighted by molar-refractivity contribution is -0.125. The van der Waals surface area contributed by atoms with Crippen molar-refractivity contribution in [3.8, 4) is 0 Å². The number of fused-ring (bicyclic) bond motifs is 1. The Morgan fingerprint density at radius 1 is 0.853 bits per heavy atom. The minimum absolute atomic E-state index is 0.0274. The van der Waals surface area contributed by atoms with E-state index in [-0.39, 0.29) is 36.9 Å². The average Bonchev–Trinajstić information content (AvgIpc) is 2.86. The molecular weight excluding hydrogens is 426 g/mol. The van der Waals surface area contributed by atoms with Crippen molar-refractivity contribution in [2.75, 3.05) is 18.4 Å². The van der Waals surface area contributed by atoms with Crippen LogP contribution in [0.1, 0.15) is 48.0 Å². The van der Waals surface area contributed by atoms with E-state index in [0.717, 1.165) is 48.4 Å². The van der Waals surface area contributed by atoms with Crippen molar-refractivity contribution in [1.29, 1.82) is 0 Å². The number of nitrogens with one attached hydrogen (secondary N) is 2. The van der Waals surface area contributed by atoms with Gasteiger partial charge in [-0.3, -0.25) is 14.4 Å². The molecule has 3 aromatic carbocycles. The van der Waals surface area contributed by atoms with E-state index in [9.17, 15) is 14.4 Å². The molecule has 0 aliphatic heterocycles. The first kappa shape index (κ1) is 23.5. The van der Waals surface area contributed by atoms with Crippen LogP contribution in [0.5, 0.6) is 0 Å². The number of hydrogen-bond donors (Lipinski definition) is 2. The van der Waals surface area contributed by atoms with Gasteiger partial charge in [-0.1, -0.05) is 61.7 Å². The van der Waals surface area contributed by atoms with Crippen LogP contribution in [0.4, 0.5) is 5.69 Å². The number of rotatable bonds is 7. The summed E-state index contributed by atoms with van der Waals surface area (Å²) in [4.78, 5) is 40.3. The second kappa shape index (κ2) is 11.0. The number of aryl methyl sites for hydroxylation is 1. The van der Waals surface area contributed by atoms with Crippen molar-refractivity contribution in [2.24, 2.45) is 0 Å². The summed E-state index contributed by atoms with van der Waals surface area (Å²) in [6, 6.07) is 21.1. The molecule has 1 aliphatic carbocycles. The third-order valence-electron chi connectivity index (χ3n) is 6.33. The molecule has 0 saturated heterocycles. The van der Waals surface area contributed by atoms with Gasteiger partial charge in [-0.25, -0.2) is 0 Å². The summed E-state index contributed by atoms with van der Waals surface area (Å²) < 4.78 is 0. The number of hydrogen-bond acceptors (Lipinski definition) is 3. The Morgan fingerprint density at radius 3 is 2.38 bits per heavy atom. The molecule has 1 saturated carbocycles. The fraction of sp³-hybridized carbons (Fsp3) is 0.321.